The molecule has 0 saturated carbocycles. The Kier molecular flexibility index (Phi) is 5.79. The molecule has 14 heteroatoms. The zero-order valence-corrected chi connectivity index (χ0v) is 19.9. The van der Waals surface area contributed by atoms with Crippen molar-refractivity contribution < 1.29 is 39.5 Å². The van der Waals surface area contributed by atoms with E-state index >= 15 is 0 Å². The van der Waals surface area contributed by atoms with Crippen LogP contribution in [0.15, 0.2) is 32.4 Å². The summed E-state index contributed by atoms with van der Waals surface area (Å²) < 4.78 is 106. The Labute approximate surface area is 192 Å². The number of amidine groups is 1. The van der Waals surface area contributed by atoms with Crippen molar-refractivity contribution in [3.05, 3.63) is 45.7 Å². The number of nitrogens with zero attached hydrogens (tertiary/aromatic N) is 1. The molecule has 0 amide bonds. The number of anilines is 1. The van der Waals surface area contributed by atoms with Gasteiger partial charge in [-0.2, -0.15) is 21.6 Å². The van der Waals surface area contributed by atoms with Crippen LogP contribution in [0, 0.1) is 12.7 Å². The normalized spacial score (nSPS) is 16.1. The van der Waals surface area contributed by atoms with Crippen LogP contribution in [-0.2, 0) is 25.3 Å². The lowest BCUT2D eigenvalue weighted by molar-refractivity contribution is -0.0436. The number of benzene rings is 2. The predicted octanol–water partition coefficient (Wildman–Crippen LogP) is 4.65. The number of phenolic OH excluding ortho intramolecular Hbond substituents is 1. The molecule has 2 N–H and O–H groups in total. The molecule has 0 atom stereocenters. The lowest BCUT2D eigenvalue weighted by atomic mass is 9.83. The second-order valence-electron chi connectivity index (χ2n) is 8.27. The summed E-state index contributed by atoms with van der Waals surface area (Å²) >= 11 is 5.95. The molecule has 0 aliphatic carbocycles. The lowest BCUT2D eigenvalue weighted by Gasteiger charge is -2.26. The standard InChI is InChI=1S/C19H17ClF4N2O5S2/c1-8-12(21)7-10(18(2,3)4)16(27)14(8)17-25-15-11(20)5-9(32(28,29)19(22,23)24)6-13(15)33(30,31)26-17/h5-7,27H,1-4H3,(H,25,26). The molecule has 3 rings (SSSR count). The third-order valence-corrected chi connectivity index (χ3v) is 7.98. The Morgan fingerprint density at radius 3 is 2.21 bits per heavy atom. The maximum atomic E-state index is 14.6. The van der Waals surface area contributed by atoms with Crippen molar-refractivity contribution in [2.24, 2.45) is 4.40 Å². The molecule has 33 heavy (non-hydrogen) atoms. The van der Waals surface area contributed by atoms with Gasteiger partial charge in [0.2, 0.25) is 0 Å². The maximum Gasteiger partial charge on any atom is 0.501 e. The molecule has 2 aromatic rings. The Morgan fingerprint density at radius 2 is 1.70 bits per heavy atom. The van der Waals surface area contributed by atoms with Crippen molar-refractivity contribution in [1.29, 1.82) is 0 Å². The Hall–Kier alpha value is -2.38. The summed E-state index contributed by atoms with van der Waals surface area (Å²) in [5.74, 6) is -1.76. The highest BCUT2D eigenvalue weighted by molar-refractivity contribution is 7.92. The second-order valence-corrected chi connectivity index (χ2v) is 12.2. The number of halogens is 5. The number of fused-ring (bicyclic) bond motifs is 1. The van der Waals surface area contributed by atoms with E-state index in [2.05, 4.69) is 9.71 Å². The van der Waals surface area contributed by atoms with E-state index in [0.717, 1.165) is 6.07 Å². The molecule has 1 heterocycles. The highest BCUT2D eigenvalue weighted by atomic mass is 35.5. The molecule has 180 valence electrons. The van der Waals surface area contributed by atoms with Crippen molar-refractivity contribution in [1.82, 2.24) is 0 Å². The first-order chi connectivity index (χ1) is 14.8. The average Bonchev–Trinajstić information content (AvgIpc) is 2.63. The number of alkyl halides is 3. The topological polar surface area (TPSA) is 113 Å². The van der Waals surface area contributed by atoms with Gasteiger partial charge in [0.25, 0.3) is 19.9 Å². The fraction of sp³-hybridized carbons (Fsp3) is 0.316. The van der Waals surface area contributed by atoms with Gasteiger partial charge in [0.05, 0.1) is 21.2 Å². The quantitative estimate of drug-likeness (QED) is 0.549. The Balaban J connectivity index is 2.29. The smallest absolute Gasteiger partial charge is 0.501 e. The van der Waals surface area contributed by atoms with Gasteiger partial charge in [-0.05, 0) is 36.1 Å². The fourth-order valence-electron chi connectivity index (χ4n) is 3.19. The number of sulfonamides is 1. The highest BCUT2D eigenvalue weighted by Gasteiger charge is 2.48. The first-order valence-electron chi connectivity index (χ1n) is 9.09. The van der Waals surface area contributed by atoms with Crippen LogP contribution in [-0.4, -0.2) is 33.3 Å². The summed E-state index contributed by atoms with van der Waals surface area (Å²) in [7, 11) is -10.7. The minimum atomic E-state index is -5.90. The van der Waals surface area contributed by atoms with Gasteiger partial charge in [-0.15, -0.1) is 4.40 Å². The lowest BCUT2D eigenvalue weighted by Crippen LogP contribution is -2.27. The fourth-order valence-corrected chi connectivity index (χ4v) is 5.63. The number of hydrogen-bond acceptors (Lipinski definition) is 6. The van der Waals surface area contributed by atoms with Crippen LogP contribution in [0.5, 0.6) is 5.75 Å². The third-order valence-electron chi connectivity index (χ3n) is 4.92. The van der Waals surface area contributed by atoms with Crippen LogP contribution >= 0.6 is 11.6 Å². The van der Waals surface area contributed by atoms with Crippen LogP contribution < -0.4 is 5.32 Å². The molecule has 1 aliphatic heterocycles. The minimum Gasteiger partial charge on any atom is -0.507 e. The van der Waals surface area contributed by atoms with Crippen LogP contribution in [0.3, 0.4) is 0 Å². The molecule has 0 aromatic heterocycles. The van der Waals surface area contributed by atoms with Crippen molar-refractivity contribution in [3.63, 3.8) is 0 Å². The molecule has 0 spiro atoms. The monoisotopic (exact) mass is 528 g/mol. The molecule has 0 bridgehead atoms. The van der Waals surface area contributed by atoms with Crippen LogP contribution in [0.2, 0.25) is 5.02 Å². The van der Waals surface area contributed by atoms with E-state index in [1.165, 1.54) is 6.92 Å². The van der Waals surface area contributed by atoms with Gasteiger partial charge < -0.3 is 10.4 Å². The molecule has 0 saturated heterocycles. The number of hydrogen-bond donors (Lipinski definition) is 2. The van der Waals surface area contributed by atoms with Gasteiger partial charge in [0.1, 0.15) is 16.5 Å². The van der Waals surface area contributed by atoms with Gasteiger partial charge in [-0.1, -0.05) is 32.4 Å². The van der Waals surface area contributed by atoms with Gasteiger partial charge in [-0.3, -0.25) is 0 Å². The van der Waals surface area contributed by atoms with Gasteiger partial charge in [-0.25, -0.2) is 12.8 Å². The van der Waals surface area contributed by atoms with Gasteiger partial charge >= 0.3 is 5.51 Å². The highest BCUT2D eigenvalue weighted by Crippen LogP contribution is 2.42. The SMILES string of the molecule is Cc1c(F)cc(C(C)(C)C)c(O)c1C1=NS(=O)(=O)c2cc(S(=O)(=O)C(F)(F)F)cc(Cl)c2N1. The molecule has 1 aliphatic rings. The Morgan fingerprint density at radius 1 is 1.12 bits per heavy atom. The molecule has 2 aromatic carbocycles. The zero-order valence-electron chi connectivity index (χ0n) is 17.5. The molecular weight excluding hydrogens is 512 g/mol. The van der Waals surface area contributed by atoms with Crippen molar-refractivity contribution in [3.8, 4) is 5.75 Å². The number of phenols is 1. The van der Waals surface area contributed by atoms with E-state index in [-0.39, 0.29) is 22.8 Å². The minimum absolute atomic E-state index is 0.144. The Bertz CT molecular complexity index is 1430. The summed E-state index contributed by atoms with van der Waals surface area (Å²) in [4.78, 5) is -2.31. The molecule has 0 radical (unpaired) electrons. The van der Waals surface area contributed by atoms with E-state index in [1.54, 1.807) is 20.8 Å². The largest absolute Gasteiger partial charge is 0.507 e. The molecule has 0 fully saturated rings. The van der Waals surface area contributed by atoms with Crippen molar-refractivity contribution in [2.75, 3.05) is 5.32 Å². The molecular formula is C19H17ClF4N2O5S2. The van der Waals surface area contributed by atoms with Crippen LogP contribution in [0.25, 0.3) is 0 Å². The van der Waals surface area contributed by atoms with E-state index in [0.29, 0.717) is 6.07 Å². The van der Waals surface area contributed by atoms with E-state index in [9.17, 15) is 39.5 Å². The summed E-state index contributed by atoms with van der Waals surface area (Å²) in [5, 5.41) is 12.6. The van der Waals surface area contributed by atoms with Crippen molar-refractivity contribution >= 4 is 43.0 Å². The van der Waals surface area contributed by atoms with E-state index in [1.807, 2.05) is 0 Å². The summed E-state index contributed by atoms with van der Waals surface area (Å²) in [6.45, 7) is 6.32. The van der Waals surface area contributed by atoms with Crippen LogP contribution in [0.1, 0.15) is 37.5 Å². The number of sulfone groups is 1. The van der Waals surface area contributed by atoms with E-state index < -0.39 is 68.7 Å². The second kappa shape index (κ2) is 7.57. The third kappa shape index (κ3) is 4.17. The van der Waals surface area contributed by atoms with Crippen LogP contribution in [0.4, 0.5) is 23.2 Å². The van der Waals surface area contributed by atoms with Crippen molar-refractivity contribution in [2.45, 2.75) is 48.4 Å². The summed E-state index contributed by atoms with van der Waals surface area (Å²) in [6, 6.07) is 1.82. The predicted molar refractivity (Wildman–Crippen MR) is 114 cm³/mol. The maximum absolute atomic E-state index is 14.6. The summed E-state index contributed by atoms with van der Waals surface area (Å²) in [5.41, 5.74) is -7.22. The average molecular weight is 529 g/mol. The number of rotatable bonds is 2. The van der Waals surface area contributed by atoms with Gasteiger partial charge in [0.15, 0.2) is 5.84 Å². The molecule has 7 nitrogen and oxygen atoms in total. The van der Waals surface area contributed by atoms with Gasteiger partial charge in [0, 0.05) is 5.56 Å². The summed E-state index contributed by atoms with van der Waals surface area (Å²) in [6.07, 6.45) is 0. The van der Waals surface area contributed by atoms with E-state index in [4.69, 9.17) is 11.6 Å². The zero-order chi connectivity index (χ0) is 25.3. The molecule has 0 unspecified atom stereocenters. The number of nitrogens with one attached hydrogen (secondary N) is 1. The first kappa shape index (κ1) is 25.2. The first-order valence-corrected chi connectivity index (χ1v) is 12.4. The number of aromatic hydroxyl groups is 1.